The molecule has 0 N–H and O–H groups in total. The summed E-state index contributed by atoms with van der Waals surface area (Å²) in [6.45, 7) is 4.26. The summed E-state index contributed by atoms with van der Waals surface area (Å²) in [5.74, 6) is 5.98. The highest BCUT2D eigenvalue weighted by Gasteiger charge is 2.58. The topological polar surface area (TPSA) is 0 Å². The molecule has 0 radical (unpaired) electrons. The molecule has 0 heterocycles. The molecule has 0 spiro atoms. The summed E-state index contributed by atoms with van der Waals surface area (Å²) in [5, 5.41) is 0. The minimum atomic E-state index is 0.926. The van der Waals surface area contributed by atoms with Crippen LogP contribution in [-0.2, 0) is 0 Å². The second-order valence-electron chi connectivity index (χ2n) is 5.57. The van der Waals surface area contributed by atoms with Crippen molar-refractivity contribution in [2.24, 2.45) is 35.5 Å². The Morgan fingerprint density at radius 2 is 1.85 bits per heavy atom. The summed E-state index contributed by atoms with van der Waals surface area (Å²) in [4.78, 5) is 0. The van der Waals surface area contributed by atoms with Crippen LogP contribution in [0, 0.1) is 35.5 Å². The van der Waals surface area contributed by atoms with Crippen LogP contribution < -0.4 is 0 Å². The monoisotopic (exact) mass is 172 g/mol. The summed E-state index contributed by atoms with van der Waals surface area (Å²) in [6, 6.07) is 0. The minimum Gasteiger partial charge on any atom is -0.0996 e. The average Bonchev–Trinajstić information content (AvgIpc) is 2.78. The average molecular weight is 172 g/mol. The molecule has 3 saturated carbocycles. The number of allylic oxidation sites excluding steroid dienone is 3. The standard InChI is InChI=1S/C13H16/c1-7-4-10-6-11(7)13-9-3-2-8(5-9)12(10)13/h2-3,8-13H,1,4-6H2. The number of rotatable bonds is 0. The Morgan fingerprint density at radius 3 is 2.69 bits per heavy atom. The first kappa shape index (κ1) is 6.86. The molecule has 0 nitrogen and oxygen atoms in total. The van der Waals surface area contributed by atoms with Crippen LogP contribution in [0.15, 0.2) is 24.3 Å². The van der Waals surface area contributed by atoms with E-state index in [1.54, 1.807) is 5.57 Å². The van der Waals surface area contributed by atoms with Gasteiger partial charge in [-0.2, -0.15) is 0 Å². The molecule has 13 heavy (non-hydrogen) atoms. The Labute approximate surface area is 79.7 Å². The first-order valence-electron chi connectivity index (χ1n) is 5.70. The van der Waals surface area contributed by atoms with Crippen LogP contribution >= 0.6 is 0 Å². The molecule has 0 saturated heterocycles. The Kier molecular flexibility index (Phi) is 1.03. The number of fused-ring (bicyclic) bond motifs is 9. The first-order chi connectivity index (χ1) is 6.34. The third-order valence-corrected chi connectivity index (χ3v) is 5.20. The van der Waals surface area contributed by atoms with E-state index in [0.717, 1.165) is 35.5 Å². The van der Waals surface area contributed by atoms with E-state index < -0.39 is 0 Å². The van der Waals surface area contributed by atoms with Crippen LogP contribution in [0.2, 0.25) is 0 Å². The lowest BCUT2D eigenvalue weighted by atomic mass is 9.72. The van der Waals surface area contributed by atoms with E-state index in [9.17, 15) is 0 Å². The Bertz CT molecular complexity index is 312. The van der Waals surface area contributed by atoms with Gasteiger partial charge in [0.25, 0.3) is 0 Å². The zero-order chi connectivity index (χ0) is 8.58. The van der Waals surface area contributed by atoms with Gasteiger partial charge < -0.3 is 0 Å². The zero-order valence-electron chi connectivity index (χ0n) is 7.95. The quantitative estimate of drug-likeness (QED) is 0.389. The summed E-state index contributed by atoms with van der Waals surface area (Å²) in [6.07, 6.45) is 9.34. The second kappa shape index (κ2) is 1.94. The smallest absolute Gasteiger partial charge is 0.0166 e. The van der Waals surface area contributed by atoms with Gasteiger partial charge in [-0.05, 0) is 54.8 Å². The Balaban J connectivity index is 1.82. The largest absolute Gasteiger partial charge is 0.0996 e. The third-order valence-electron chi connectivity index (χ3n) is 5.20. The maximum absolute atomic E-state index is 4.26. The van der Waals surface area contributed by atoms with E-state index in [1.807, 2.05) is 0 Å². The molecule has 3 fully saturated rings. The molecule has 0 aromatic heterocycles. The highest BCUT2D eigenvalue weighted by Crippen LogP contribution is 2.66. The van der Waals surface area contributed by atoms with Crippen molar-refractivity contribution >= 4 is 0 Å². The third kappa shape index (κ3) is 0.630. The zero-order valence-corrected chi connectivity index (χ0v) is 7.95. The maximum atomic E-state index is 4.26. The van der Waals surface area contributed by atoms with E-state index >= 15 is 0 Å². The predicted octanol–water partition coefficient (Wildman–Crippen LogP) is 3.02. The van der Waals surface area contributed by atoms with Crippen molar-refractivity contribution in [3.63, 3.8) is 0 Å². The fourth-order valence-corrected chi connectivity index (χ4v) is 4.92. The number of hydrogen-bond acceptors (Lipinski definition) is 0. The molecule has 0 aromatic rings. The van der Waals surface area contributed by atoms with Gasteiger partial charge >= 0.3 is 0 Å². The van der Waals surface area contributed by atoms with E-state index in [1.165, 1.54) is 19.3 Å². The van der Waals surface area contributed by atoms with Gasteiger partial charge in [0.1, 0.15) is 0 Å². The van der Waals surface area contributed by atoms with Gasteiger partial charge in [-0.15, -0.1) is 0 Å². The van der Waals surface area contributed by atoms with E-state index in [2.05, 4.69) is 18.7 Å². The van der Waals surface area contributed by atoms with Gasteiger partial charge in [0.15, 0.2) is 0 Å². The molecular weight excluding hydrogens is 156 g/mol. The molecule has 4 bridgehead atoms. The van der Waals surface area contributed by atoms with Gasteiger partial charge in [-0.25, -0.2) is 0 Å². The summed E-state index contributed by atoms with van der Waals surface area (Å²) in [5.41, 5.74) is 1.59. The molecule has 0 heteroatoms. The lowest BCUT2D eigenvalue weighted by Gasteiger charge is -2.33. The van der Waals surface area contributed by atoms with Crippen LogP contribution in [0.1, 0.15) is 19.3 Å². The molecule has 4 rings (SSSR count). The molecule has 6 atom stereocenters. The molecular formula is C13H16. The highest BCUT2D eigenvalue weighted by atomic mass is 14.6. The van der Waals surface area contributed by atoms with Crippen molar-refractivity contribution in [2.45, 2.75) is 19.3 Å². The second-order valence-corrected chi connectivity index (χ2v) is 5.57. The molecule has 0 aromatic carbocycles. The van der Waals surface area contributed by atoms with E-state index in [0.29, 0.717) is 0 Å². The van der Waals surface area contributed by atoms with Gasteiger partial charge in [-0.1, -0.05) is 24.3 Å². The summed E-state index contributed by atoms with van der Waals surface area (Å²) < 4.78 is 0. The van der Waals surface area contributed by atoms with Crippen molar-refractivity contribution in [3.05, 3.63) is 24.3 Å². The van der Waals surface area contributed by atoms with Gasteiger partial charge in [-0.3, -0.25) is 0 Å². The van der Waals surface area contributed by atoms with Crippen LogP contribution in [0.3, 0.4) is 0 Å². The molecule has 0 amide bonds. The van der Waals surface area contributed by atoms with Gasteiger partial charge in [0, 0.05) is 0 Å². The fourth-order valence-electron chi connectivity index (χ4n) is 4.92. The van der Waals surface area contributed by atoms with Crippen molar-refractivity contribution < 1.29 is 0 Å². The molecule has 68 valence electrons. The minimum absolute atomic E-state index is 0.926. The molecule has 6 unspecified atom stereocenters. The van der Waals surface area contributed by atoms with Crippen molar-refractivity contribution in [1.82, 2.24) is 0 Å². The lowest BCUT2D eigenvalue weighted by Crippen LogP contribution is -2.26. The lowest BCUT2D eigenvalue weighted by molar-refractivity contribution is 0.243. The SMILES string of the molecule is C=C1CC2CC1C1C3C=CC(C3)C21. The van der Waals surface area contributed by atoms with Gasteiger partial charge in [0.05, 0.1) is 0 Å². The normalized spacial score (nSPS) is 60.8. The summed E-state index contributed by atoms with van der Waals surface area (Å²) >= 11 is 0. The van der Waals surface area contributed by atoms with Crippen molar-refractivity contribution in [1.29, 1.82) is 0 Å². The Morgan fingerprint density at radius 1 is 1.08 bits per heavy atom. The Hall–Kier alpha value is -0.520. The van der Waals surface area contributed by atoms with E-state index in [4.69, 9.17) is 0 Å². The van der Waals surface area contributed by atoms with Gasteiger partial charge in [0.2, 0.25) is 0 Å². The highest BCUT2D eigenvalue weighted by molar-refractivity contribution is 5.27. The van der Waals surface area contributed by atoms with Crippen LogP contribution in [0.25, 0.3) is 0 Å². The molecule has 0 aliphatic heterocycles. The van der Waals surface area contributed by atoms with Crippen molar-refractivity contribution in [3.8, 4) is 0 Å². The first-order valence-corrected chi connectivity index (χ1v) is 5.70. The van der Waals surface area contributed by atoms with Crippen molar-refractivity contribution in [2.75, 3.05) is 0 Å². The number of hydrogen-bond donors (Lipinski definition) is 0. The van der Waals surface area contributed by atoms with Crippen LogP contribution in [-0.4, -0.2) is 0 Å². The van der Waals surface area contributed by atoms with Crippen LogP contribution in [0.5, 0.6) is 0 Å². The maximum Gasteiger partial charge on any atom is -0.0166 e. The molecule has 4 aliphatic carbocycles. The fraction of sp³-hybridized carbons (Fsp3) is 0.692. The molecule has 4 aliphatic rings. The van der Waals surface area contributed by atoms with E-state index in [-0.39, 0.29) is 0 Å². The van der Waals surface area contributed by atoms with Crippen LogP contribution in [0.4, 0.5) is 0 Å². The summed E-state index contributed by atoms with van der Waals surface area (Å²) in [7, 11) is 0. The predicted molar refractivity (Wildman–Crippen MR) is 53.1 cm³/mol.